The summed E-state index contributed by atoms with van der Waals surface area (Å²) in [5.41, 5.74) is -2.35. The minimum atomic E-state index is -4.12. The highest BCUT2D eigenvalue weighted by Gasteiger charge is 2.85. The topological polar surface area (TPSA) is 187 Å². The fraction of sp³-hybridized carbons (Fsp3) is 0.667. The maximum atomic E-state index is 15.2. The summed E-state index contributed by atoms with van der Waals surface area (Å²) in [4.78, 5) is 73.8. The van der Waals surface area contributed by atoms with Gasteiger partial charge in [-0.25, -0.2) is 4.72 Å². The standard InChI is InChI=1S/C45H62N6O8S/c1-7-30-25-45(30,40(56)49-60(57,58)50-22-13-14-23-50)48-36(52)31-26-44(42(5,6)43(44)20-15-21-43)27-51(31)39(55)35(41(2,3)4)47-38(54)34(28-16-9-8-10-17-28)46-37(53)33-24-29-18-11-12-19-32(29)59-33/h7,11-12,18-19,24,28,30-31,34-35H,1,8-10,13-17,20-23,25-27H2,2-6H3,(H,46,53)(H,47,54)(H,48,52)(H,49,56)/t30-,31+,34?,35-,44-,45-/m1/s1. The summed E-state index contributed by atoms with van der Waals surface area (Å²) in [6.07, 6.45) is 10.9. The van der Waals surface area contributed by atoms with Crippen LogP contribution in [0.3, 0.4) is 0 Å². The molecule has 8 rings (SSSR count). The number of benzene rings is 1. The SMILES string of the molecule is C=C[C@@H]1C[C@]1(NC(=O)[C@@H]1C[C@@]2(CN1C(=O)[C@@H](NC(=O)C(NC(=O)c1cc3ccccc3o1)C1CCCCC1)C(C)(C)C)C(C)(C)C21CCC1)C(=O)NS(=O)(=O)N1CCCC1. The highest BCUT2D eigenvalue weighted by Crippen LogP contribution is 2.88. The molecule has 0 bridgehead atoms. The molecule has 6 fully saturated rings. The average molecular weight is 847 g/mol. The maximum absolute atomic E-state index is 15.2. The van der Waals surface area contributed by atoms with Crippen molar-refractivity contribution in [1.82, 2.24) is 29.9 Å². The number of para-hydroxylation sites is 1. The van der Waals surface area contributed by atoms with Gasteiger partial charge in [0.1, 0.15) is 29.2 Å². The van der Waals surface area contributed by atoms with E-state index < -0.39 is 74.7 Å². The van der Waals surface area contributed by atoms with Gasteiger partial charge in [0.25, 0.3) is 11.8 Å². The third-order valence-corrected chi connectivity index (χ3v) is 17.3. The lowest BCUT2D eigenvalue weighted by molar-refractivity contribution is -0.145. The van der Waals surface area contributed by atoms with Crippen LogP contribution in [0, 0.1) is 33.5 Å². The van der Waals surface area contributed by atoms with E-state index in [0.717, 1.165) is 56.8 Å². The van der Waals surface area contributed by atoms with Gasteiger partial charge in [-0.3, -0.25) is 24.0 Å². The fourth-order valence-corrected chi connectivity index (χ4v) is 13.1. The summed E-state index contributed by atoms with van der Waals surface area (Å²) >= 11 is 0. The van der Waals surface area contributed by atoms with Gasteiger partial charge in [-0.1, -0.05) is 84.6 Å². The molecule has 6 atom stereocenters. The largest absolute Gasteiger partial charge is 0.451 e. The van der Waals surface area contributed by atoms with Crippen LogP contribution in [0.25, 0.3) is 11.0 Å². The second-order valence-corrected chi connectivity index (χ2v) is 21.9. The summed E-state index contributed by atoms with van der Waals surface area (Å²) in [5, 5.41) is 9.78. The number of hydrogen-bond acceptors (Lipinski definition) is 8. The van der Waals surface area contributed by atoms with Crippen LogP contribution in [0.15, 0.2) is 47.4 Å². The Morgan fingerprint density at radius 2 is 1.60 bits per heavy atom. The zero-order chi connectivity index (χ0) is 43.0. The number of carbonyl (C=O) groups excluding carboxylic acids is 5. The first-order valence-corrected chi connectivity index (χ1v) is 23.4. The van der Waals surface area contributed by atoms with E-state index in [4.69, 9.17) is 4.42 Å². The summed E-state index contributed by atoms with van der Waals surface area (Å²) in [7, 11) is -4.12. The van der Waals surface area contributed by atoms with Crippen LogP contribution in [-0.2, 0) is 29.4 Å². The van der Waals surface area contributed by atoms with E-state index in [2.05, 4.69) is 41.1 Å². The van der Waals surface area contributed by atoms with E-state index in [0.29, 0.717) is 44.5 Å². The number of nitrogens with one attached hydrogen (secondary N) is 4. The summed E-state index contributed by atoms with van der Waals surface area (Å²) in [6, 6.07) is 5.97. The zero-order valence-corrected chi connectivity index (χ0v) is 36.5. The highest BCUT2D eigenvalue weighted by atomic mass is 32.2. The van der Waals surface area contributed by atoms with Crippen molar-refractivity contribution in [2.75, 3.05) is 19.6 Å². The maximum Gasteiger partial charge on any atom is 0.303 e. The minimum absolute atomic E-state index is 0.0385. The smallest absolute Gasteiger partial charge is 0.303 e. The van der Waals surface area contributed by atoms with E-state index in [9.17, 15) is 27.6 Å². The summed E-state index contributed by atoms with van der Waals surface area (Å²) in [5.74, 6) is -3.32. The van der Waals surface area contributed by atoms with Gasteiger partial charge in [-0.15, -0.1) is 6.58 Å². The second kappa shape index (κ2) is 15.0. The van der Waals surface area contributed by atoms with Crippen molar-refractivity contribution < 1.29 is 36.8 Å². The molecule has 15 heteroatoms. The number of likely N-dealkylation sites (tertiary alicyclic amines) is 1. The molecular formula is C45H62N6O8S. The van der Waals surface area contributed by atoms with Crippen molar-refractivity contribution >= 4 is 50.7 Å². The van der Waals surface area contributed by atoms with Gasteiger partial charge < -0.3 is 25.3 Å². The quantitative estimate of drug-likeness (QED) is 0.216. The van der Waals surface area contributed by atoms with Gasteiger partial charge in [0.15, 0.2) is 5.76 Å². The molecule has 326 valence electrons. The number of rotatable bonds is 12. The Kier molecular flexibility index (Phi) is 10.6. The predicted molar refractivity (Wildman–Crippen MR) is 225 cm³/mol. The molecule has 4 aliphatic carbocycles. The van der Waals surface area contributed by atoms with Gasteiger partial charge in [-0.2, -0.15) is 12.7 Å². The zero-order valence-electron chi connectivity index (χ0n) is 35.7. The van der Waals surface area contributed by atoms with Crippen molar-refractivity contribution in [3.8, 4) is 0 Å². The van der Waals surface area contributed by atoms with Crippen LogP contribution < -0.4 is 20.7 Å². The number of hydrogen-bond donors (Lipinski definition) is 4. The van der Waals surface area contributed by atoms with Gasteiger partial charge in [0.2, 0.25) is 17.7 Å². The lowest BCUT2D eigenvalue weighted by Gasteiger charge is -2.38. The van der Waals surface area contributed by atoms with Crippen LogP contribution in [0.4, 0.5) is 0 Å². The summed E-state index contributed by atoms with van der Waals surface area (Å²) in [6.45, 7) is 14.8. The minimum Gasteiger partial charge on any atom is -0.451 e. The van der Waals surface area contributed by atoms with Crippen molar-refractivity contribution in [2.45, 2.75) is 135 Å². The van der Waals surface area contributed by atoms with Crippen LogP contribution in [-0.4, -0.2) is 90.5 Å². The lowest BCUT2D eigenvalue weighted by Crippen LogP contribution is -2.62. The van der Waals surface area contributed by atoms with E-state index in [1.807, 2.05) is 39.0 Å². The van der Waals surface area contributed by atoms with Crippen LogP contribution in [0.2, 0.25) is 0 Å². The fourth-order valence-electron chi connectivity index (χ4n) is 11.8. The molecule has 2 saturated heterocycles. The Morgan fingerprint density at radius 3 is 2.18 bits per heavy atom. The number of amides is 5. The molecule has 6 aliphatic rings. The highest BCUT2D eigenvalue weighted by molar-refractivity contribution is 7.87. The summed E-state index contributed by atoms with van der Waals surface area (Å²) < 4.78 is 35.7. The Bertz CT molecular complexity index is 2160. The van der Waals surface area contributed by atoms with Gasteiger partial charge in [0, 0.05) is 36.4 Å². The van der Waals surface area contributed by atoms with Gasteiger partial charge >= 0.3 is 10.2 Å². The number of fused-ring (bicyclic) bond motifs is 2. The van der Waals surface area contributed by atoms with E-state index in [1.54, 1.807) is 23.1 Å². The molecule has 5 amide bonds. The Hall–Kier alpha value is -4.24. The van der Waals surface area contributed by atoms with Crippen molar-refractivity contribution in [1.29, 1.82) is 0 Å². The molecule has 2 spiro atoms. The molecule has 3 heterocycles. The first kappa shape index (κ1) is 42.5. The molecule has 4 saturated carbocycles. The normalized spacial score (nSPS) is 29.4. The third kappa shape index (κ3) is 6.85. The first-order valence-electron chi connectivity index (χ1n) is 22.0. The molecule has 14 nitrogen and oxygen atoms in total. The molecule has 1 aromatic heterocycles. The number of furan rings is 1. The monoisotopic (exact) mass is 846 g/mol. The molecule has 1 aromatic carbocycles. The van der Waals surface area contributed by atoms with Crippen molar-refractivity contribution in [2.24, 2.45) is 33.5 Å². The molecule has 2 aromatic rings. The van der Waals surface area contributed by atoms with Crippen molar-refractivity contribution in [3.05, 3.63) is 48.7 Å². The molecule has 60 heavy (non-hydrogen) atoms. The van der Waals surface area contributed by atoms with E-state index >= 15 is 4.79 Å². The van der Waals surface area contributed by atoms with Crippen molar-refractivity contribution in [3.63, 3.8) is 0 Å². The Labute approximate surface area is 353 Å². The number of carbonyl (C=O) groups is 5. The van der Waals surface area contributed by atoms with Crippen LogP contribution >= 0.6 is 0 Å². The molecule has 0 radical (unpaired) electrons. The van der Waals surface area contributed by atoms with E-state index in [-0.39, 0.29) is 34.3 Å². The Morgan fingerprint density at radius 1 is 0.917 bits per heavy atom. The lowest BCUT2D eigenvalue weighted by atomic mass is 9.73. The van der Waals surface area contributed by atoms with E-state index in [1.165, 1.54) is 4.31 Å². The van der Waals surface area contributed by atoms with Gasteiger partial charge in [-0.05, 0) is 85.7 Å². The molecular weight excluding hydrogens is 785 g/mol. The third-order valence-electron chi connectivity index (χ3n) is 15.8. The Balaban J connectivity index is 1.06. The predicted octanol–water partition coefficient (Wildman–Crippen LogP) is 4.96. The van der Waals surface area contributed by atoms with Gasteiger partial charge in [0.05, 0.1) is 0 Å². The molecule has 1 unspecified atom stereocenters. The van der Waals surface area contributed by atoms with Crippen LogP contribution in [0.5, 0.6) is 0 Å². The first-order chi connectivity index (χ1) is 28.3. The average Bonchev–Trinajstić information content (AvgIpc) is 3.59. The second-order valence-electron chi connectivity index (χ2n) is 20.2. The number of nitrogens with zero attached hydrogens (tertiary/aromatic N) is 2. The molecule has 2 aliphatic heterocycles. The molecule has 4 N–H and O–H groups in total. The van der Waals surface area contributed by atoms with Crippen LogP contribution in [0.1, 0.15) is 122 Å².